The van der Waals surface area contributed by atoms with Crippen molar-refractivity contribution in [2.24, 2.45) is 0 Å². The van der Waals surface area contributed by atoms with Gasteiger partial charge in [0, 0.05) is 20.2 Å². The van der Waals surface area contributed by atoms with Crippen LogP contribution in [0.5, 0.6) is 0 Å². The molecule has 2 N–H and O–H groups in total. The van der Waals surface area contributed by atoms with E-state index in [2.05, 4.69) is 5.32 Å². The minimum Gasteiger partial charge on any atom is -0.465 e. The Morgan fingerprint density at radius 2 is 2.09 bits per heavy atom. The second-order valence-electron chi connectivity index (χ2n) is 5.35. The number of benzene rings is 1. The Morgan fingerprint density at radius 3 is 2.68 bits per heavy atom. The summed E-state index contributed by atoms with van der Waals surface area (Å²) in [5, 5.41) is 11.8. The van der Waals surface area contributed by atoms with Gasteiger partial charge in [-0.1, -0.05) is 30.3 Å². The number of nitrogens with zero attached hydrogens (tertiary/aromatic N) is 1. The molecule has 2 amide bonds. The number of amides is 2. The van der Waals surface area contributed by atoms with Crippen LogP contribution in [0.25, 0.3) is 0 Å². The molecule has 0 radical (unpaired) electrons. The van der Waals surface area contributed by atoms with Crippen molar-refractivity contribution >= 4 is 12.2 Å². The first-order chi connectivity index (χ1) is 10.5. The van der Waals surface area contributed by atoms with E-state index in [1.54, 1.807) is 0 Å². The number of carbonyl (C=O) groups is 2. The smallest absolute Gasteiger partial charge is 0.408 e. The zero-order valence-electron chi connectivity index (χ0n) is 12.4. The number of carbonyl (C=O) groups excluding carboxylic acids is 1. The van der Waals surface area contributed by atoms with Crippen LogP contribution in [0.3, 0.4) is 0 Å². The van der Waals surface area contributed by atoms with Crippen molar-refractivity contribution < 1.29 is 24.2 Å². The van der Waals surface area contributed by atoms with E-state index in [1.807, 2.05) is 30.3 Å². The molecule has 0 aliphatic carbocycles. The molecule has 0 unspecified atom stereocenters. The van der Waals surface area contributed by atoms with Crippen LogP contribution in [-0.4, -0.2) is 54.5 Å². The maximum absolute atomic E-state index is 12.0. The zero-order chi connectivity index (χ0) is 16.0. The molecule has 1 atom stereocenters. The summed E-state index contributed by atoms with van der Waals surface area (Å²) in [6.45, 7) is 0.948. The molecule has 0 spiro atoms. The lowest BCUT2D eigenvalue weighted by Gasteiger charge is -2.28. The van der Waals surface area contributed by atoms with Crippen LogP contribution in [0.1, 0.15) is 12.0 Å². The second-order valence-corrected chi connectivity index (χ2v) is 5.35. The van der Waals surface area contributed by atoms with Crippen LogP contribution in [0.15, 0.2) is 30.3 Å². The largest absolute Gasteiger partial charge is 0.465 e. The summed E-state index contributed by atoms with van der Waals surface area (Å²) in [6, 6.07) is 9.34. The van der Waals surface area contributed by atoms with Crippen molar-refractivity contribution in [2.75, 3.05) is 26.8 Å². The monoisotopic (exact) mass is 308 g/mol. The van der Waals surface area contributed by atoms with Crippen molar-refractivity contribution in [3.05, 3.63) is 35.9 Å². The second kappa shape index (κ2) is 7.13. The van der Waals surface area contributed by atoms with Crippen LogP contribution in [0, 0.1) is 0 Å². The van der Waals surface area contributed by atoms with E-state index in [1.165, 1.54) is 12.0 Å². The first-order valence-corrected chi connectivity index (χ1v) is 7.00. The molecule has 1 fully saturated rings. The van der Waals surface area contributed by atoms with Gasteiger partial charge in [-0.2, -0.15) is 0 Å². The Balaban J connectivity index is 1.91. The third-order valence-electron chi connectivity index (χ3n) is 3.62. The Bertz CT molecular complexity index is 522. The number of nitrogens with one attached hydrogen (secondary N) is 1. The third-order valence-corrected chi connectivity index (χ3v) is 3.62. The molecule has 22 heavy (non-hydrogen) atoms. The molecule has 0 saturated carbocycles. The Hall–Kier alpha value is -2.28. The molecular weight excluding hydrogens is 288 g/mol. The molecule has 1 heterocycles. The highest BCUT2D eigenvalue weighted by atomic mass is 16.5. The van der Waals surface area contributed by atoms with Crippen molar-refractivity contribution in [3.8, 4) is 0 Å². The van der Waals surface area contributed by atoms with Gasteiger partial charge >= 0.3 is 12.2 Å². The number of hydrogen-bond acceptors (Lipinski definition) is 4. The van der Waals surface area contributed by atoms with Gasteiger partial charge in [-0.25, -0.2) is 9.59 Å². The van der Waals surface area contributed by atoms with Gasteiger partial charge < -0.3 is 24.8 Å². The number of methoxy groups -OCH3 is 1. The summed E-state index contributed by atoms with van der Waals surface area (Å²) < 4.78 is 10.3. The summed E-state index contributed by atoms with van der Waals surface area (Å²) in [4.78, 5) is 24.3. The van der Waals surface area contributed by atoms with E-state index in [0.717, 1.165) is 5.56 Å². The predicted molar refractivity (Wildman–Crippen MR) is 78.6 cm³/mol. The first-order valence-electron chi connectivity index (χ1n) is 7.00. The lowest BCUT2D eigenvalue weighted by atomic mass is 10.0. The minimum absolute atomic E-state index is 0.165. The Morgan fingerprint density at radius 1 is 1.36 bits per heavy atom. The molecule has 1 aromatic rings. The van der Waals surface area contributed by atoms with Gasteiger partial charge in [0.2, 0.25) is 0 Å². The van der Waals surface area contributed by atoms with Crippen molar-refractivity contribution in [3.63, 3.8) is 0 Å². The van der Waals surface area contributed by atoms with Crippen LogP contribution in [0.2, 0.25) is 0 Å². The molecule has 1 aromatic carbocycles. The predicted octanol–water partition coefficient (Wildman–Crippen LogP) is 1.68. The summed E-state index contributed by atoms with van der Waals surface area (Å²) in [5.74, 6) is 0. The van der Waals surface area contributed by atoms with Crippen LogP contribution < -0.4 is 5.32 Å². The van der Waals surface area contributed by atoms with Gasteiger partial charge in [0.25, 0.3) is 0 Å². The fourth-order valence-corrected chi connectivity index (χ4v) is 2.54. The highest BCUT2D eigenvalue weighted by Gasteiger charge is 2.41. The summed E-state index contributed by atoms with van der Waals surface area (Å²) in [5.41, 5.74) is 0.151. The van der Waals surface area contributed by atoms with Gasteiger partial charge in [-0.3, -0.25) is 0 Å². The maximum atomic E-state index is 12.0. The van der Waals surface area contributed by atoms with Gasteiger partial charge in [0.15, 0.2) is 0 Å². The molecule has 120 valence electrons. The normalized spacial score (nSPS) is 20.7. The average molecular weight is 308 g/mol. The van der Waals surface area contributed by atoms with Crippen molar-refractivity contribution in [1.82, 2.24) is 10.2 Å². The molecule has 2 rings (SSSR count). The van der Waals surface area contributed by atoms with Gasteiger partial charge in [0.05, 0.1) is 12.1 Å². The molecule has 1 saturated heterocycles. The number of carboxylic acid groups (broad SMARTS) is 1. The fraction of sp³-hybridized carbons (Fsp3) is 0.467. The summed E-state index contributed by atoms with van der Waals surface area (Å²) >= 11 is 0. The zero-order valence-corrected chi connectivity index (χ0v) is 12.4. The molecule has 0 aromatic heterocycles. The Labute approximate surface area is 128 Å². The van der Waals surface area contributed by atoms with Crippen molar-refractivity contribution in [1.29, 1.82) is 0 Å². The molecule has 0 bridgehead atoms. The van der Waals surface area contributed by atoms with E-state index in [-0.39, 0.29) is 19.8 Å². The van der Waals surface area contributed by atoms with E-state index in [4.69, 9.17) is 14.6 Å². The Kier molecular flexibility index (Phi) is 5.21. The number of likely N-dealkylation sites (tertiary alicyclic amines) is 1. The van der Waals surface area contributed by atoms with Gasteiger partial charge in [-0.15, -0.1) is 0 Å². The first kappa shape index (κ1) is 16.1. The van der Waals surface area contributed by atoms with E-state index in [0.29, 0.717) is 13.0 Å². The number of hydrogen-bond donors (Lipinski definition) is 2. The van der Waals surface area contributed by atoms with Crippen LogP contribution >= 0.6 is 0 Å². The number of alkyl carbamates (subject to hydrolysis) is 1. The molecule has 7 heteroatoms. The molecule has 1 aliphatic heterocycles. The highest BCUT2D eigenvalue weighted by Crippen LogP contribution is 2.22. The minimum atomic E-state index is -1.00. The summed E-state index contributed by atoms with van der Waals surface area (Å²) in [6.07, 6.45) is -1.08. The number of rotatable bonds is 5. The third kappa shape index (κ3) is 4.11. The highest BCUT2D eigenvalue weighted by molar-refractivity contribution is 5.70. The van der Waals surface area contributed by atoms with E-state index >= 15 is 0 Å². The van der Waals surface area contributed by atoms with Gasteiger partial charge in [-0.05, 0) is 12.0 Å². The van der Waals surface area contributed by atoms with Crippen LogP contribution in [0.4, 0.5) is 9.59 Å². The van der Waals surface area contributed by atoms with Crippen LogP contribution in [-0.2, 0) is 16.1 Å². The van der Waals surface area contributed by atoms with Crippen molar-refractivity contribution in [2.45, 2.75) is 18.6 Å². The lowest BCUT2D eigenvalue weighted by molar-refractivity contribution is 0.0870. The molecule has 7 nitrogen and oxygen atoms in total. The van der Waals surface area contributed by atoms with Gasteiger partial charge in [0.1, 0.15) is 6.61 Å². The topological polar surface area (TPSA) is 88.1 Å². The molecule has 1 aliphatic rings. The fourth-order valence-electron chi connectivity index (χ4n) is 2.54. The maximum Gasteiger partial charge on any atom is 0.408 e. The standard InChI is InChI=1S/C15H20N2O5/c1-21-11-15(7-8-17(10-15)14(19)20)16-13(18)22-9-12-5-3-2-4-6-12/h2-6H,7-11H2,1H3,(H,16,18)(H,19,20)/t15-/m0/s1. The quantitative estimate of drug-likeness (QED) is 0.864. The number of ether oxygens (including phenoxy) is 2. The SMILES string of the molecule is COC[C@]1(NC(=O)OCc2ccccc2)CCN(C(=O)O)C1. The van der Waals surface area contributed by atoms with E-state index in [9.17, 15) is 9.59 Å². The van der Waals surface area contributed by atoms with E-state index < -0.39 is 17.7 Å². The molecular formula is C15H20N2O5. The average Bonchev–Trinajstić information content (AvgIpc) is 2.91. The lowest BCUT2D eigenvalue weighted by Crippen LogP contribution is -2.54. The summed E-state index contributed by atoms with van der Waals surface area (Å²) in [7, 11) is 1.52.